The molecule has 0 N–H and O–H groups in total. The second kappa shape index (κ2) is 6.69. The Balaban J connectivity index is 1.33. The van der Waals surface area contributed by atoms with Gasteiger partial charge in [0.1, 0.15) is 12.2 Å². The van der Waals surface area contributed by atoms with E-state index in [-0.39, 0.29) is 13.2 Å². The van der Waals surface area contributed by atoms with Crippen LogP contribution in [0.4, 0.5) is 0 Å². The average molecular weight is 378 g/mol. The van der Waals surface area contributed by atoms with Crippen LogP contribution in [0.5, 0.6) is 17.2 Å². The van der Waals surface area contributed by atoms with E-state index < -0.39 is 0 Å². The fraction of sp³-hybridized carbons (Fsp3) is 0.158. The van der Waals surface area contributed by atoms with Crippen molar-refractivity contribution >= 4 is 0 Å². The lowest BCUT2D eigenvalue weighted by Gasteiger charge is -1.99. The molecule has 0 spiro atoms. The molecule has 0 aliphatic carbocycles. The summed E-state index contributed by atoms with van der Waals surface area (Å²) in [6.45, 7) is 0.212. The van der Waals surface area contributed by atoms with Crippen LogP contribution < -0.4 is 14.2 Å². The van der Waals surface area contributed by atoms with Crippen LogP contribution in [0.15, 0.2) is 51.4 Å². The Morgan fingerprint density at radius 3 is 2.61 bits per heavy atom. The van der Waals surface area contributed by atoms with E-state index in [9.17, 15) is 0 Å². The molecule has 0 fully saturated rings. The third kappa shape index (κ3) is 3.02. The van der Waals surface area contributed by atoms with E-state index in [4.69, 9.17) is 23.2 Å². The second-order valence-corrected chi connectivity index (χ2v) is 5.99. The molecule has 5 rings (SSSR count). The number of benzene rings is 2. The number of methoxy groups -OCH3 is 1. The van der Waals surface area contributed by atoms with Crippen molar-refractivity contribution in [3.63, 3.8) is 0 Å². The fourth-order valence-electron chi connectivity index (χ4n) is 2.78. The molecule has 2 aromatic heterocycles. The smallest absolute Gasteiger partial charge is 0.247 e. The number of nitrogens with zero attached hydrogens (tertiary/aromatic N) is 4. The van der Waals surface area contributed by atoms with Gasteiger partial charge in [-0.1, -0.05) is 5.16 Å². The van der Waals surface area contributed by atoms with Crippen molar-refractivity contribution in [1.29, 1.82) is 0 Å². The van der Waals surface area contributed by atoms with Gasteiger partial charge in [-0.3, -0.25) is 0 Å². The summed E-state index contributed by atoms with van der Waals surface area (Å²) < 4.78 is 26.8. The first-order valence-corrected chi connectivity index (χ1v) is 8.48. The van der Waals surface area contributed by atoms with Crippen molar-refractivity contribution in [2.45, 2.75) is 6.42 Å². The van der Waals surface area contributed by atoms with Gasteiger partial charge in [0, 0.05) is 11.1 Å². The van der Waals surface area contributed by atoms with Crippen molar-refractivity contribution < 1.29 is 23.2 Å². The van der Waals surface area contributed by atoms with E-state index in [1.54, 1.807) is 7.11 Å². The monoisotopic (exact) mass is 378 g/mol. The molecule has 0 saturated carbocycles. The molecule has 28 heavy (non-hydrogen) atoms. The van der Waals surface area contributed by atoms with Gasteiger partial charge in [-0.15, -0.1) is 10.2 Å². The maximum atomic E-state index is 5.70. The fourth-order valence-corrected chi connectivity index (χ4v) is 2.78. The topological polar surface area (TPSA) is 106 Å². The predicted molar refractivity (Wildman–Crippen MR) is 94.9 cm³/mol. The van der Waals surface area contributed by atoms with Crippen molar-refractivity contribution in [3.05, 3.63) is 54.2 Å². The number of hydrogen-bond donors (Lipinski definition) is 0. The summed E-state index contributed by atoms with van der Waals surface area (Å²) in [5.41, 5.74) is 1.56. The molecule has 4 aromatic rings. The maximum Gasteiger partial charge on any atom is 0.247 e. The Morgan fingerprint density at radius 2 is 1.75 bits per heavy atom. The highest BCUT2D eigenvalue weighted by Gasteiger charge is 2.18. The van der Waals surface area contributed by atoms with Gasteiger partial charge in [-0.2, -0.15) is 4.98 Å². The molecule has 2 aromatic carbocycles. The van der Waals surface area contributed by atoms with E-state index in [1.807, 2.05) is 42.5 Å². The number of ether oxygens (including phenoxy) is 3. The molecule has 9 nitrogen and oxygen atoms in total. The molecule has 3 heterocycles. The molecule has 0 amide bonds. The molecule has 1 aliphatic heterocycles. The van der Waals surface area contributed by atoms with Crippen LogP contribution in [0.2, 0.25) is 0 Å². The van der Waals surface area contributed by atoms with E-state index >= 15 is 0 Å². The van der Waals surface area contributed by atoms with Crippen LogP contribution >= 0.6 is 0 Å². The average Bonchev–Trinajstić information content (AvgIpc) is 3.48. The van der Waals surface area contributed by atoms with Gasteiger partial charge in [0.2, 0.25) is 30.3 Å². The summed E-state index contributed by atoms with van der Waals surface area (Å²) in [6.07, 6.45) is 0.237. The lowest BCUT2D eigenvalue weighted by molar-refractivity contribution is 0.174. The van der Waals surface area contributed by atoms with Crippen LogP contribution in [0.25, 0.3) is 22.8 Å². The van der Waals surface area contributed by atoms with Crippen LogP contribution in [0, 0.1) is 0 Å². The van der Waals surface area contributed by atoms with Crippen LogP contribution in [-0.4, -0.2) is 34.2 Å². The SMILES string of the molecule is COc1ccc(-c2nnc(Cc3nc(-c4ccc5c(c4)OCO5)no3)o2)cc1. The zero-order chi connectivity index (χ0) is 18.9. The van der Waals surface area contributed by atoms with E-state index in [1.165, 1.54) is 0 Å². The Bertz CT molecular complexity index is 1120. The highest BCUT2D eigenvalue weighted by Crippen LogP contribution is 2.35. The lowest BCUT2D eigenvalue weighted by atomic mass is 10.2. The minimum Gasteiger partial charge on any atom is -0.497 e. The standard InChI is InChI=1S/C19H14N4O5/c1-24-13-5-2-11(3-6-13)19-22-21-17(27-19)9-16-20-18(23-28-16)12-4-7-14-15(8-12)26-10-25-14/h2-8H,9-10H2,1H3. The molecule has 0 saturated heterocycles. The van der Waals surface area contributed by atoms with Gasteiger partial charge in [-0.05, 0) is 42.5 Å². The zero-order valence-electron chi connectivity index (χ0n) is 14.8. The van der Waals surface area contributed by atoms with E-state index in [0.717, 1.165) is 16.9 Å². The van der Waals surface area contributed by atoms with E-state index in [2.05, 4.69) is 20.3 Å². The van der Waals surface area contributed by atoms with Crippen molar-refractivity contribution in [3.8, 4) is 40.1 Å². The maximum absolute atomic E-state index is 5.70. The van der Waals surface area contributed by atoms with Gasteiger partial charge in [0.15, 0.2) is 11.5 Å². The molecule has 9 heteroatoms. The lowest BCUT2D eigenvalue weighted by Crippen LogP contribution is -1.92. The quantitative estimate of drug-likeness (QED) is 0.518. The molecule has 1 aliphatic rings. The molecule has 0 radical (unpaired) electrons. The summed E-state index contributed by atoms with van der Waals surface area (Å²) in [5, 5.41) is 12.1. The van der Waals surface area contributed by atoms with E-state index in [0.29, 0.717) is 35.0 Å². The van der Waals surface area contributed by atoms with Crippen molar-refractivity contribution in [1.82, 2.24) is 20.3 Å². The number of fused-ring (bicyclic) bond motifs is 1. The van der Waals surface area contributed by atoms with Crippen LogP contribution in [-0.2, 0) is 6.42 Å². The van der Waals surface area contributed by atoms with Gasteiger partial charge >= 0.3 is 0 Å². The van der Waals surface area contributed by atoms with Crippen molar-refractivity contribution in [2.75, 3.05) is 13.9 Å². The first-order valence-electron chi connectivity index (χ1n) is 8.48. The van der Waals surface area contributed by atoms with Gasteiger partial charge < -0.3 is 23.2 Å². The summed E-state index contributed by atoms with van der Waals surface area (Å²) in [5.74, 6) is 3.72. The van der Waals surface area contributed by atoms with Gasteiger partial charge in [0.25, 0.3) is 0 Å². The summed E-state index contributed by atoms with van der Waals surface area (Å²) in [7, 11) is 1.61. The summed E-state index contributed by atoms with van der Waals surface area (Å²) in [6, 6.07) is 12.8. The summed E-state index contributed by atoms with van der Waals surface area (Å²) in [4.78, 5) is 4.39. The first-order chi connectivity index (χ1) is 13.8. The van der Waals surface area contributed by atoms with Crippen LogP contribution in [0.3, 0.4) is 0 Å². The van der Waals surface area contributed by atoms with Crippen LogP contribution in [0.1, 0.15) is 11.8 Å². The van der Waals surface area contributed by atoms with Gasteiger partial charge in [0.05, 0.1) is 7.11 Å². The predicted octanol–water partition coefficient (Wildman–Crippen LogP) is 3.11. The Labute approximate surface area is 158 Å². The second-order valence-electron chi connectivity index (χ2n) is 5.99. The molecular formula is C19H14N4O5. The normalized spacial score (nSPS) is 12.3. The minimum absolute atomic E-state index is 0.212. The summed E-state index contributed by atoms with van der Waals surface area (Å²) >= 11 is 0. The van der Waals surface area contributed by atoms with Gasteiger partial charge in [-0.25, -0.2) is 0 Å². The van der Waals surface area contributed by atoms with Crippen molar-refractivity contribution in [2.24, 2.45) is 0 Å². The highest BCUT2D eigenvalue weighted by atomic mass is 16.7. The minimum atomic E-state index is 0.212. The molecule has 0 bridgehead atoms. The molecule has 140 valence electrons. The third-order valence-corrected chi connectivity index (χ3v) is 4.21. The molecular weight excluding hydrogens is 364 g/mol. The molecule has 0 atom stereocenters. The first kappa shape index (κ1) is 16.3. The zero-order valence-corrected chi connectivity index (χ0v) is 14.8. The number of aromatic nitrogens is 4. The Hall–Kier alpha value is -3.88. The Kier molecular flexibility index (Phi) is 3.90. The highest BCUT2D eigenvalue weighted by molar-refractivity contribution is 5.61. The number of rotatable bonds is 5. The Morgan fingerprint density at radius 1 is 0.929 bits per heavy atom. The molecule has 0 unspecified atom stereocenters. The number of hydrogen-bond acceptors (Lipinski definition) is 9. The third-order valence-electron chi connectivity index (χ3n) is 4.21. The largest absolute Gasteiger partial charge is 0.497 e.